The quantitative estimate of drug-likeness (QED) is 0.763. The molecule has 6 heteroatoms. The highest BCUT2D eigenvalue weighted by atomic mass is 16.2. The molecule has 2 rings (SSSR count). The van der Waals surface area contributed by atoms with Crippen LogP contribution in [0.1, 0.15) is 58.2 Å². The van der Waals surface area contributed by atoms with E-state index in [2.05, 4.69) is 30.5 Å². The number of amides is 4. The molecule has 0 radical (unpaired) electrons. The first-order valence-electron chi connectivity index (χ1n) is 10.2. The minimum absolute atomic E-state index is 0.00667. The number of aryl methyl sites for hydroxylation is 1. The van der Waals surface area contributed by atoms with Crippen LogP contribution in [-0.4, -0.2) is 52.6 Å². The molecular formula is C22H36N4O2. The van der Waals surface area contributed by atoms with Crippen molar-refractivity contribution >= 4 is 17.7 Å². The van der Waals surface area contributed by atoms with Crippen LogP contribution in [0.5, 0.6) is 0 Å². The van der Waals surface area contributed by atoms with Crippen molar-refractivity contribution < 1.29 is 9.59 Å². The fourth-order valence-corrected chi connectivity index (χ4v) is 4.12. The maximum Gasteiger partial charge on any atom is 0.322 e. The fourth-order valence-electron chi connectivity index (χ4n) is 4.12. The molecule has 1 heterocycles. The summed E-state index contributed by atoms with van der Waals surface area (Å²) in [7, 11) is 0. The molecule has 1 aliphatic rings. The number of carbonyl (C=O) groups excluding carboxylic acids is 2. The Kier molecular flexibility index (Phi) is 6.63. The van der Waals surface area contributed by atoms with Crippen molar-refractivity contribution in [2.45, 2.75) is 79.4 Å². The van der Waals surface area contributed by atoms with Crippen molar-refractivity contribution in [3.63, 3.8) is 0 Å². The zero-order valence-corrected chi connectivity index (χ0v) is 18.6. The lowest BCUT2D eigenvalue weighted by Crippen LogP contribution is -2.47. The minimum atomic E-state index is -0.302. The highest BCUT2D eigenvalue weighted by molar-refractivity contribution is 5.91. The molecule has 0 aliphatic carbocycles. The van der Waals surface area contributed by atoms with Crippen LogP contribution in [0.15, 0.2) is 12.1 Å². The van der Waals surface area contributed by atoms with Crippen LogP contribution in [0.2, 0.25) is 0 Å². The molecule has 0 spiro atoms. The van der Waals surface area contributed by atoms with Gasteiger partial charge < -0.3 is 20.4 Å². The molecule has 1 aromatic rings. The number of carbonyl (C=O) groups is 2. The lowest BCUT2D eigenvalue weighted by molar-refractivity contribution is 0.160. The van der Waals surface area contributed by atoms with E-state index in [1.807, 2.05) is 57.4 Å². The molecule has 156 valence electrons. The number of benzene rings is 1. The van der Waals surface area contributed by atoms with Gasteiger partial charge >= 0.3 is 12.1 Å². The lowest BCUT2D eigenvalue weighted by Gasteiger charge is -2.35. The van der Waals surface area contributed by atoms with E-state index in [1.165, 1.54) is 0 Å². The van der Waals surface area contributed by atoms with Crippen LogP contribution in [0.3, 0.4) is 0 Å². The normalized spacial score (nSPS) is 14.6. The van der Waals surface area contributed by atoms with Gasteiger partial charge in [-0.25, -0.2) is 9.59 Å². The van der Waals surface area contributed by atoms with Gasteiger partial charge in [-0.1, -0.05) is 12.1 Å². The molecule has 1 fully saturated rings. The van der Waals surface area contributed by atoms with E-state index in [1.54, 1.807) is 0 Å². The summed E-state index contributed by atoms with van der Waals surface area (Å²) < 4.78 is 0. The molecule has 28 heavy (non-hydrogen) atoms. The maximum absolute atomic E-state index is 12.9. The summed E-state index contributed by atoms with van der Waals surface area (Å²) in [5.74, 6) is 0. The first kappa shape index (κ1) is 22.1. The molecule has 0 atom stereocenters. The summed E-state index contributed by atoms with van der Waals surface area (Å²) in [5, 5.41) is 6.02. The van der Waals surface area contributed by atoms with E-state index in [-0.39, 0.29) is 29.7 Å². The van der Waals surface area contributed by atoms with Crippen molar-refractivity contribution in [1.29, 1.82) is 0 Å². The van der Waals surface area contributed by atoms with E-state index in [9.17, 15) is 9.59 Å². The first-order valence-corrected chi connectivity index (χ1v) is 10.2. The second-order valence-corrected chi connectivity index (χ2v) is 8.94. The molecule has 4 amide bonds. The number of urea groups is 2. The molecule has 2 N–H and O–H groups in total. The average molecular weight is 389 g/mol. The number of hydrogen-bond donors (Lipinski definition) is 2. The van der Waals surface area contributed by atoms with E-state index >= 15 is 0 Å². The monoisotopic (exact) mass is 388 g/mol. The Balaban J connectivity index is 2.28. The lowest BCUT2D eigenvalue weighted by atomic mass is 9.89. The Morgan fingerprint density at radius 1 is 1.21 bits per heavy atom. The van der Waals surface area contributed by atoms with Crippen LogP contribution in [-0.2, 0) is 6.42 Å². The molecule has 1 saturated heterocycles. The van der Waals surface area contributed by atoms with Gasteiger partial charge in [-0.15, -0.1) is 0 Å². The highest BCUT2D eigenvalue weighted by Crippen LogP contribution is 2.29. The molecule has 6 nitrogen and oxygen atoms in total. The summed E-state index contributed by atoms with van der Waals surface area (Å²) >= 11 is 0. The Morgan fingerprint density at radius 3 is 2.32 bits per heavy atom. The summed E-state index contributed by atoms with van der Waals surface area (Å²) in [4.78, 5) is 28.8. The van der Waals surface area contributed by atoms with Gasteiger partial charge in [0.1, 0.15) is 0 Å². The third-order valence-electron chi connectivity index (χ3n) is 5.58. The van der Waals surface area contributed by atoms with Crippen molar-refractivity contribution in [2.24, 2.45) is 0 Å². The molecule has 0 bridgehead atoms. The summed E-state index contributed by atoms with van der Waals surface area (Å²) in [6, 6.07) is 4.32. The van der Waals surface area contributed by atoms with Gasteiger partial charge in [0.15, 0.2) is 0 Å². The van der Waals surface area contributed by atoms with E-state index in [0.717, 1.165) is 35.3 Å². The molecule has 1 aliphatic heterocycles. The second-order valence-electron chi connectivity index (χ2n) is 8.94. The highest BCUT2D eigenvalue weighted by Gasteiger charge is 2.34. The predicted molar refractivity (Wildman–Crippen MR) is 115 cm³/mol. The molecule has 1 aromatic carbocycles. The van der Waals surface area contributed by atoms with E-state index in [4.69, 9.17) is 0 Å². The zero-order chi connectivity index (χ0) is 21.2. The Morgan fingerprint density at radius 2 is 1.82 bits per heavy atom. The van der Waals surface area contributed by atoms with Crippen molar-refractivity contribution in [3.05, 3.63) is 28.8 Å². The molecule has 0 unspecified atom stereocenters. The van der Waals surface area contributed by atoms with E-state index < -0.39 is 0 Å². The van der Waals surface area contributed by atoms with Crippen LogP contribution in [0.4, 0.5) is 15.3 Å². The molecular weight excluding hydrogens is 352 g/mol. The number of hydrogen-bond acceptors (Lipinski definition) is 2. The Labute approximate surface area is 169 Å². The zero-order valence-electron chi connectivity index (χ0n) is 18.6. The van der Waals surface area contributed by atoms with Crippen LogP contribution < -0.4 is 10.6 Å². The molecule has 0 saturated carbocycles. The smallest absolute Gasteiger partial charge is 0.322 e. The minimum Gasteiger partial charge on any atom is -0.336 e. The van der Waals surface area contributed by atoms with Crippen LogP contribution >= 0.6 is 0 Å². The summed E-state index contributed by atoms with van der Waals surface area (Å²) in [6.07, 6.45) is 0.730. The van der Waals surface area contributed by atoms with Gasteiger partial charge in [0.05, 0.1) is 0 Å². The number of nitrogens with one attached hydrogen (secondary N) is 2. The van der Waals surface area contributed by atoms with E-state index in [0.29, 0.717) is 6.54 Å². The van der Waals surface area contributed by atoms with Gasteiger partial charge in [0.25, 0.3) is 0 Å². The first-order chi connectivity index (χ1) is 13.0. The van der Waals surface area contributed by atoms with Gasteiger partial charge in [-0.2, -0.15) is 0 Å². The van der Waals surface area contributed by atoms with Gasteiger partial charge in [-0.05, 0) is 78.5 Å². The van der Waals surface area contributed by atoms with Crippen molar-refractivity contribution in [2.75, 3.05) is 18.4 Å². The third-order valence-corrected chi connectivity index (χ3v) is 5.58. The summed E-state index contributed by atoms with van der Waals surface area (Å²) in [5.41, 5.74) is 3.82. The van der Waals surface area contributed by atoms with Crippen LogP contribution in [0.25, 0.3) is 0 Å². The second kappa shape index (κ2) is 8.41. The number of rotatable bonds is 6. The SMILES string of the molecule is Cc1ccc(CC(C)(C)N2CCNC2=O)c(C)c1NC(=O)N(C(C)C)C(C)C. The van der Waals surface area contributed by atoms with Crippen LogP contribution in [0, 0.1) is 13.8 Å². The van der Waals surface area contributed by atoms with Gasteiger partial charge in [0, 0.05) is 36.4 Å². The topological polar surface area (TPSA) is 64.7 Å². The largest absolute Gasteiger partial charge is 0.336 e. The average Bonchev–Trinajstić information content (AvgIpc) is 3.00. The predicted octanol–water partition coefficient (Wildman–Crippen LogP) is 4.30. The number of anilines is 1. The van der Waals surface area contributed by atoms with Gasteiger partial charge in [-0.3, -0.25) is 0 Å². The fraction of sp³-hybridized carbons (Fsp3) is 0.636. The third kappa shape index (κ3) is 4.59. The maximum atomic E-state index is 12.9. The Bertz CT molecular complexity index is 732. The van der Waals surface area contributed by atoms with Crippen molar-refractivity contribution in [3.8, 4) is 0 Å². The Hall–Kier alpha value is -2.24. The summed E-state index contributed by atoms with van der Waals surface area (Å²) in [6.45, 7) is 17.8. The molecule has 0 aromatic heterocycles. The standard InChI is InChI=1S/C22H36N4O2/c1-14(2)26(15(3)4)21(28)24-19-16(5)9-10-18(17(19)6)13-22(7,8)25-12-11-23-20(25)27/h9-10,14-15H,11-13H2,1-8H3,(H,23,27)(H,24,28). The number of nitrogens with zero attached hydrogens (tertiary/aromatic N) is 2. The van der Waals surface area contributed by atoms with Gasteiger partial charge in [0.2, 0.25) is 0 Å². The van der Waals surface area contributed by atoms with Crippen molar-refractivity contribution in [1.82, 2.24) is 15.1 Å².